The highest BCUT2D eigenvalue weighted by atomic mass is 16.5. The van der Waals surface area contributed by atoms with E-state index in [-0.39, 0.29) is 5.54 Å². The van der Waals surface area contributed by atoms with Gasteiger partial charge in [0.05, 0.1) is 0 Å². The van der Waals surface area contributed by atoms with Gasteiger partial charge in [-0.25, -0.2) is 0 Å². The molecule has 18 heavy (non-hydrogen) atoms. The Labute approximate surface area is 109 Å². The van der Waals surface area contributed by atoms with E-state index in [9.17, 15) is 0 Å². The Morgan fingerprint density at radius 1 is 1.28 bits per heavy atom. The van der Waals surface area contributed by atoms with Crippen molar-refractivity contribution in [3.05, 3.63) is 11.7 Å². The Balaban J connectivity index is 2.73. The summed E-state index contributed by atoms with van der Waals surface area (Å²) in [5.41, 5.74) is 5.25. The number of aromatic nitrogens is 2. The van der Waals surface area contributed by atoms with Crippen molar-refractivity contribution in [1.29, 1.82) is 0 Å². The van der Waals surface area contributed by atoms with Gasteiger partial charge in [0.2, 0.25) is 11.7 Å². The fourth-order valence-electron chi connectivity index (χ4n) is 1.64. The van der Waals surface area contributed by atoms with E-state index in [0.29, 0.717) is 24.7 Å². The largest absolute Gasteiger partial charge is 0.367 e. The molecule has 5 nitrogen and oxygen atoms in total. The number of nitrogens with zero attached hydrogens (tertiary/aromatic N) is 2. The van der Waals surface area contributed by atoms with Gasteiger partial charge in [-0.1, -0.05) is 12.1 Å². The summed E-state index contributed by atoms with van der Waals surface area (Å²) in [6.45, 7) is 10.6. The maximum Gasteiger partial charge on any atom is 0.226 e. The molecule has 1 unspecified atom stereocenters. The third-order valence-corrected chi connectivity index (χ3v) is 3.06. The Bertz CT molecular complexity index is 371. The van der Waals surface area contributed by atoms with E-state index in [1.807, 2.05) is 27.7 Å². The highest BCUT2D eigenvalue weighted by Crippen LogP contribution is 2.26. The van der Waals surface area contributed by atoms with Crippen molar-refractivity contribution >= 4 is 0 Å². The van der Waals surface area contributed by atoms with Gasteiger partial charge in [0, 0.05) is 18.6 Å². The molecule has 0 spiro atoms. The standard InChI is InChI=1S/C13H25N3O2/c1-6-13(5,17-7-2)11-15-10(18-16-11)8-9-12(3,4)14/h6-9,14H2,1-5H3. The second-order valence-electron chi connectivity index (χ2n) is 5.52. The normalized spacial score (nSPS) is 15.7. The molecule has 1 atom stereocenters. The maximum absolute atomic E-state index is 5.94. The molecule has 1 aromatic rings. The molecule has 1 rings (SSSR count). The molecule has 5 heteroatoms. The number of rotatable bonds is 7. The average Bonchev–Trinajstić information content (AvgIpc) is 2.75. The summed E-state index contributed by atoms with van der Waals surface area (Å²) in [5.74, 6) is 1.25. The summed E-state index contributed by atoms with van der Waals surface area (Å²) >= 11 is 0. The molecule has 0 aliphatic rings. The minimum absolute atomic E-state index is 0.220. The Morgan fingerprint density at radius 2 is 1.94 bits per heavy atom. The van der Waals surface area contributed by atoms with Crippen molar-refractivity contribution in [2.45, 2.75) is 65.0 Å². The predicted octanol–water partition coefficient (Wildman–Crippen LogP) is 2.40. The van der Waals surface area contributed by atoms with Crippen molar-refractivity contribution in [3.63, 3.8) is 0 Å². The number of nitrogens with two attached hydrogens (primary N) is 1. The molecule has 0 bridgehead atoms. The molecule has 0 radical (unpaired) electrons. The highest BCUT2D eigenvalue weighted by Gasteiger charge is 2.30. The lowest BCUT2D eigenvalue weighted by Gasteiger charge is -2.23. The third-order valence-electron chi connectivity index (χ3n) is 3.06. The fourth-order valence-corrected chi connectivity index (χ4v) is 1.64. The first-order valence-corrected chi connectivity index (χ1v) is 6.56. The van der Waals surface area contributed by atoms with Crippen LogP contribution in [0.4, 0.5) is 0 Å². The first-order chi connectivity index (χ1) is 8.30. The zero-order valence-corrected chi connectivity index (χ0v) is 12.1. The molecule has 0 aliphatic carbocycles. The SMILES string of the molecule is CCOC(C)(CC)c1noc(CCC(C)(C)N)n1. The monoisotopic (exact) mass is 255 g/mol. The zero-order valence-electron chi connectivity index (χ0n) is 12.1. The smallest absolute Gasteiger partial charge is 0.226 e. The van der Waals surface area contributed by atoms with Crippen LogP contribution in [0, 0.1) is 0 Å². The predicted molar refractivity (Wildman–Crippen MR) is 70.2 cm³/mol. The Hall–Kier alpha value is -0.940. The molecular weight excluding hydrogens is 230 g/mol. The summed E-state index contributed by atoms with van der Waals surface area (Å²) in [6, 6.07) is 0. The van der Waals surface area contributed by atoms with Crippen molar-refractivity contribution in [2.75, 3.05) is 6.61 Å². The van der Waals surface area contributed by atoms with Gasteiger partial charge in [-0.3, -0.25) is 0 Å². The lowest BCUT2D eigenvalue weighted by Crippen LogP contribution is -2.32. The number of aryl methyl sites for hydroxylation is 1. The van der Waals surface area contributed by atoms with Crippen LogP contribution >= 0.6 is 0 Å². The molecule has 104 valence electrons. The highest BCUT2D eigenvalue weighted by molar-refractivity contribution is 4.99. The van der Waals surface area contributed by atoms with Crippen molar-refractivity contribution in [3.8, 4) is 0 Å². The molecule has 1 heterocycles. The van der Waals surface area contributed by atoms with Crippen molar-refractivity contribution in [2.24, 2.45) is 5.73 Å². The zero-order chi connectivity index (χ0) is 13.8. The lowest BCUT2D eigenvalue weighted by molar-refractivity contribution is -0.0403. The van der Waals surface area contributed by atoms with E-state index < -0.39 is 5.60 Å². The third kappa shape index (κ3) is 4.07. The summed E-state index contributed by atoms with van der Waals surface area (Å²) in [5, 5.41) is 4.03. The lowest BCUT2D eigenvalue weighted by atomic mass is 10.00. The van der Waals surface area contributed by atoms with Crippen molar-refractivity contribution < 1.29 is 9.26 Å². The maximum atomic E-state index is 5.94. The van der Waals surface area contributed by atoms with E-state index in [1.54, 1.807) is 0 Å². The van der Waals surface area contributed by atoms with E-state index in [0.717, 1.165) is 12.8 Å². The van der Waals surface area contributed by atoms with Crippen LogP contribution in [0.15, 0.2) is 4.52 Å². The van der Waals surface area contributed by atoms with Gasteiger partial charge in [0.25, 0.3) is 0 Å². The molecule has 0 amide bonds. The summed E-state index contributed by atoms with van der Waals surface area (Å²) in [7, 11) is 0. The topological polar surface area (TPSA) is 74.2 Å². The molecule has 2 N–H and O–H groups in total. The van der Waals surface area contributed by atoms with E-state index in [1.165, 1.54) is 0 Å². The molecular formula is C13H25N3O2. The number of hydrogen-bond donors (Lipinski definition) is 1. The van der Waals surface area contributed by atoms with Gasteiger partial charge >= 0.3 is 0 Å². The minimum atomic E-state index is -0.464. The first kappa shape index (κ1) is 15.1. The van der Waals surface area contributed by atoms with Gasteiger partial charge in [-0.15, -0.1) is 0 Å². The molecule has 1 aromatic heterocycles. The number of hydrogen-bond acceptors (Lipinski definition) is 5. The fraction of sp³-hybridized carbons (Fsp3) is 0.846. The van der Waals surface area contributed by atoms with E-state index in [4.69, 9.17) is 15.0 Å². The van der Waals surface area contributed by atoms with Crippen LogP contribution in [-0.2, 0) is 16.8 Å². The van der Waals surface area contributed by atoms with Gasteiger partial charge < -0.3 is 15.0 Å². The second kappa shape index (κ2) is 5.80. The number of ether oxygens (including phenoxy) is 1. The van der Waals surface area contributed by atoms with Crippen LogP contribution < -0.4 is 5.73 Å². The summed E-state index contributed by atoms with van der Waals surface area (Å²) < 4.78 is 11.0. The van der Waals surface area contributed by atoms with Gasteiger partial charge in [-0.05, 0) is 40.5 Å². The van der Waals surface area contributed by atoms with Gasteiger partial charge in [0.15, 0.2) is 0 Å². The minimum Gasteiger partial charge on any atom is -0.367 e. The van der Waals surface area contributed by atoms with Crippen LogP contribution in [0.3, 0.4) is 0 Å². The van der Waals surface area contributed by atoms with Crippen LogP contribution in [-0.4, -0.2) is 22.3 Å². The van der Waals surface area contributed by atoms with Crippen LogP contribution in [0.1, 0.15) is 59.2 Å². The van der Waals surface area contributed by atoms with Crippen molar-refractivity contribution in [1.82, 2.24) is 10.1 Å². The Morgan fingerprint density at radius 3 is 2.44 bits per heavy atom. The van der Waals surface area contributed by atoms with Crippen LogP contribution in [0.2, 0.25) is 0 Å². The summed E-state index contributed by atoms with van der Waals surface area (Å²) in [4.78, 5) is 4.42. The van der Waals surface area contributed by atoms with E-state index >= 15 is 0 Å². The molecule has 0 aliphatic heterocycles. The van der Waals surface area contributed by atoms with Crippen LogP contribution in [0.25, 0.3) is 0 Å². The molecule has 0 saturated heterocycles. The summed E-state index contributed by atoms with van der Waals surface area (Å²) in [6.07, 6.45) is 2.32. The van der Waals surface area contributed by atoms with Gasteiger partial charge in [-0.2, -0.15) is 4.98 Å². The molecule has 0 saturated carbocycles. The van der Waals surface area contributed by atoms with Crippen LogP contribution in [0.5, 0.6) is 0 Å². The van der Waals surface area contributed by atoms with E-state index in [2.05, 4.69) is 17.1 Å². The average molecular weight is 255 g/mol. The van der Waals surface area contributed by atoms with Gasteiger partial charge in [0.1, 0.15) is 5.60 Å². The Kier molecular flexibility index (Phi) is 4.87. The first-order valence-electron chi connectivity index (χ1n) is 6.56. The molecule has 0 aromatic carbocycles. The molecule has 0 fully saturated rings. The quantitative estimate of drug-likeness (QED) is 0.809. The second-order valence-corrected chi connectivity index (χ2v) is 5.52.